The SMILES string of the molecule is O=C(O)c1ccc2c(c1)CCN(C(=O)OCC1c3ccccc3-c3ccccc31)C2C1CC1. The van der Waals surface area contributed by atoms with Crippen LogP contribution in [-0.2, 0) is 11.2 Å². The number of fused-ring (bicyclic) bond motifs is 4. The van der Waals surface area contributed by atoms with Gasteiger partial charge in [-0.3, -0.25) is 0 Å². The van der Waals surface area contributed by atoms with Gasteiger partial charge in [-0.05, 0) is 70.7 Å². The van der Waals surface area contributed by atoms with Crippen LogP contribution >= 0.6 is 0 Å². The van der Waals surface area contributed by atoms with E-state index in [1.165, 1.54) is 22.3 Å². The van der Waals surface area contributed by atoms with Crippen molar-refractivity contribution in [1.29, 1.82) is 0 Å². The molecule has 1 amide bonds. The van der Waals surface area contributed by atoms with Crippen molar-refractivity contribution < 1.29 is 19.4 Å². The number of carboxylic acids is 1. The Morgan fingerprint density at radius 3 is 2.21 bits per heavy atom. The van der Waals surface area contributed by atoms with Crippen molar-refractivity contribution in [1.82, 2.24) is 4.90 Å². The molecule has 2 aliphatic carbocycles. The molecule has 0 radical (unpaired) electrons. The third kappa shape index (κ3) is 3.39. The van der Waals surface area contributed by atoms with E-state index in [1.54, 1.807) is 12.1 Å². The number of carbonyl (C=O) groups excluding carboxylic acids is 1. The molecule has 3 aromatic carbocycles. The molecule has 0 saturated heterocycles. The molecule has 6 rings (SSSR count). The summed E-state index contributed by atoms with van der Waals surface area (Å²) in [6.45, 7) is 0.861. The second-order valence-corrected chi connectivity index (χ2v) is 9.25. The first-order chi connectivity index (χ1) is 16.1. The lowest BCUT2D eigenvalue weighted by atomic mass is 9.89. The molecule has 1 atom stereocenters. The molecule has 1 heterocycles. The predicted octanol–water partition coefficient (Wildman–Crippen LogP) is 5.64. The Morgan fingerprint density at radius 2 is 1.58 bits per heavy atom. The summed E-state index contributed by atoms with van der Waals surface area (Å²) in [4.78, 5) is 26.6. The van der Waals surface area contributed by atoms with E-state index < -0.39 is 5.97 Å². The lowest BCUT2D eigenvalue weighted by Crippen LogP contribution is -2.41. The molecule has 1 aliphatic heterocycles. The Hall–Kier alpha value is -3.60. The second-order valence-electron chi connectivity index (χ2n) is 9.25. The smallest absolute Gasteiger partial charge is 0.410 e. The van der Waals surface area contributed by atoms with E-state index in [4.69, 9.17) is 4.74 Å². The topological polar surface area (TPSA) is 66.8 Å². The lowest BCUT2D eigenvalue weighted by Gasteiger charge is -2.37. The Labute approximate surface area is 192 Å². The number of aromatic carboxylic acids is 1. The van der Waals surface area contributed by atoms with Gasteiger partial charge in [-0.2, -0.15) is 0 Å². The lowest BCUT2D eigenvalue weighted by molar-refractivity contribution is 0.0691. The quantitative estimate of drug-likeness (QED) is 0.571. The minimum Gasteiger partial charge on any atom is -0.478 e. The molecule has 1 unspecified atom stereocenters. The highest BCUT2D eigenvalue weighted by molar-refractivity contribution is 5.88. The zero-order valence-electron chi connectivity index (χ0n) is 18.2. The summed E-state index contributed by atoms with van der Waals surface area (Å²) in [6, 6.07) is 22.0. The Kier molecular flexibility index (Phi) is 4.72. The molecule has 166 valence electrons. The normalized spacial score (nSPS) is 18.9. The second kappa shape index (κ2) is 7.77. The summed E-state index contributed by atoms with van der Waals surface area (Å²) in [5, 5.41) is 9.34. The molecule has 5 nitrogen and oxygen atoms in total. The van der Waals surface area contributed by atoms with Crippen LogP contribution < -0.4 is 0 Å². The van der Waals surface area contributed by atoms with Gasteiger partial charge < -0.3 is 14.7 Å². The summed E-state index contributed by atoms with van der Waals surface area (Å²) in [7, 11) is 0. The van der Waals surface area contributed by atoms with Crippen molar-refractivity contribution >= 4 is 12.1 Å². The standard InChI is InChI=1S/C28H25NO4/c30-27(31)19-11-12-20-18(15-19)13-14-29(26(20)17-9-10-17)28(32)33-16-25-23-7-3-1-5-21(23)22-6-2-4-8-24(22)25/h1-8,11-12,15,17,25-26H,9-10,13-14,16H2,(H,30,31). The number of amides is 1. The van der Waals surface area contributed by atoms with Crippen LogP contribution in [0.25, 0.3) is 11.1 Å². The van der Waals surface area contributed by atoms with Gasteiger partial charge in [0.05, 0.1) is 11.6 Å². The van der Waals surface area contributed by atoms with Gasteiger partial charge in [0.2, 0.25) is 0 Å². The molecule has 1 N–H and O–H groups in total. The molecule has 33 heavy (non-hydrogen) atoms. The molecule has 0 bridgehead atoms. The number of carboxylic acid groups (broad SMARTS) is 1. The van der Waals surface area contributed by atoms with Gasteiger partial charge in [0.15, 0.2) is 0 Å². The number of benzene rings is 3. The van der Waals surface area contributed by atoms with E-state index in [2.05, 4.69) is 24.3 Å². The predicted molar refractivity (Wildman–Crippen MR) is 124 cm³/mol. The number of hydrogen-bond acceptors (Lipinski definition) is 3. The van der Waals surface area contributed by atoms with E-state index in [1.807, 2.05) is 35.2 Å². The third-order valence-electron chi connectivity index (χ3n) is 7.31. The molecule has 3 aromatic rings. The van der Waals surface area contributed by atoms with E-state index in [0.717, 1.165) is 24.0 Å². The largest absolute Gasteiger partial charge is 0.478 e. The first-order valence-corrected chi connectivity index (χ1v) is 11.6. The van der Waals surface area contributed by atoms with E-state index in [9.17, 15) is 14.7 Å². The van der Waals surface area contributed by atoms with E-state index in [0.29, 0.717) is 31.1 Å². The summed E-state index contributed by atoms with van der Waals surface area (Å²) < 4.78 is 5.96. The molecule has 0 aromatic heterocycles. The van der Waals surface area contributed by atoms with Gasteiger partial charge in [-0.25, -0.2) is 9.59 Å². The molecule has 3 aliphatic rings. The summed E-state index contributed by atoms with van der Waals surface area (Å²) >= 11 is 0. The van der Waals surface area contributed by atoms with Crippen LogP contribution in [0.3, 0.4) is 0 Å². The van der Waals surface area contributed by atoms with Crippen LogP contribution in [-0.4, -0.2) is 35.2 Å². The third-order valence-corrected chi connectivity index (χ3v) is 7.31. The number of nitrogens with zero attached hydrogens (tertiary/aromatic N) is 1. The highest BCUT2D eigenvalue weighted by Crippen LogP contribution is 2.48. The van der Waals surface area contributed by atoms with E-state index >= 15 is 0 Å². The fraction of sp³-hybridized carbons (Fsp3) is 0.286. The van der Waals surface area contributed by atoms with Crippen molar-refractivity contribution in [2.75, 3.05) is 13.2 Å². The van der Waals surface area contributed by atoms with Crippen LogP contribution in [0.1, 0.15) is 57.4 Å². The van der Waals surface area contributed by atoms with Gasteiger partial charge in [-0.1, -0.05) is 54.6 Å². The molecule has 5 heteroatoms. The van der Waals surface area contributed by atoms with Crippen molar-refractivity contribution in [3.63, 3.8) is 0 Å². The molecular formula is C28H25NO4. The maximum atomic E-state index is 13.3. The summed E-state index contributed by atoms with van der Waals surface area (Å²) in [5.74, 6) is -0.462. The van der Waals surface area contributed by atoms with Crippen LogP contribution in [0.15, 0.2) is 66.7 Å². The minimum atomic E-state index is -0.917. The van der Waals surface area contributed by atoms with Crippen LogP contribution in [0.2, 0.25) is 0 Å². The summed E-state index contributed by atoms with van der Waals surface area (Å²) in [5.41, 5.74) is 7.25. The first kappa shape index (κ1) is 20.0. The minimum absolute atomic E-state index is 0.0350. The van der Waals surface area contributed by atoms with Gasteiger partial charge in [0.25, 0.3) is 0 Å². The van der Waals surface area contributed by atoms with Crippen LogP contribution in [0, 0.1) is 5.92 Å². The molecule has 1 saturated carbocycles. The highest BCUT2D eigenvalue weighted by Gasteiger charge is 2.42. The van der Waals surface area contributed by atoms with Gasteiger partial charge in [0.1, 0.15) is 6.61 Å². The molecular weight excluding hydrogens is 414 g/mol. The average molecular weight is 440 g/mol. The number of ether oxygens (including phenoxy) is 1. The Bertz CT molecular complexity index is 1220. The molecule has 1 fully saturated rings. The van der Waals surface area contributed by atoms with Crippen molar-refractivity contribution in [3.8, 4) is 11.1 Å². The van der Waals surface area contributed by atoms with Crippen molar-refractivity contribution in [3.05, 3.63) is 94.5 Å². The van der Waals surface area contributed by atoms with E-state index in [-0.39, 0.29) is 18.1 Å². The monoisotopic (exact) mass is 439 g/mol. The maximum Gasteiger partial charge on any atom is 0.410 e. The van der Waals surface area contributed by atoms with Gasteiger partial charge in [-0.15, -0.1) is 0 Å². The number of rotatable bonds is 4. The maximum absolute atomic E-state index is 13.3. The summed E-state index contributed by atoms with van der Waals surface area (Å²) in [6.07, 6.45) is 2.53. The fourth-order valence-electron chi connectivity index (χ4n) is 5.59. The Morgan fingerprint density at radius 1 is 0.909 bits per heavy atom. The highest BCUT2D eigenvalue weighted by atomic mass is 16.6. The zero-order valence-corrected chi connectivity index (χ0v) is 18.2. The average Bonchev–Trinajstić information content (AvgIpc) is 3.64. The zero-order chi connectivity index (χ0) is 22.5. The molecule has 0 spiro atoms. The Balaban J connectivity index is 1.24. The van der Waals surface area contributed by atoms with Crippen molar-refractivity contribution in [2.45, 2.75) is 31.2 Å². The van der Waals surface area contributed by atoms with Crippen LogP contribution in [0.4, 0.5) is 4.79 Å². The number of hydrogen-bond donors (Lipinski definition) is 1. The van der Waals surface area contributed by atoms with Crippen molar-refractivity contribution in [2.24, 2.45) is 5.92 Å². The number of carbonyl (C=O) groups is 2. The van der Waals surface area contributed by atoms with Gasteiger partial charge >= 0.3 is 12.1 Å². The fourth-order valence-corrected chi connectivity index (χ4v) is 5.59. The first-order valence-electron chi connectivity index (χ1n) is 11.6. The van der Waals surface area contributed by atoms with Gasteiger partial charge in [0, 0.05) is 12.5 Å². The van der Waals surface area contributed by atoms with Crippen LogP contribution in [0.5, 0.6) is 0 Å².